The van der Waals surface area contributed by atoms with Crippen LogP contribution in [0.15, 0.2) is 29.8 Å². The smallest absolute Gasteiger partial charge is 0.376 e. The van der Waals surface area contributed by atoms with Crippen molar-refractivity contribution in [2.24, 2.45) is 5.92 Å². The van der Waals surface area contributed by atoms with Crippen LogP contribution in [0.1, 0.15) is 62.9 Å². The van der Waals surface area contributed by atoms with Crippen LogP contribution >= 0.6 is 0 Å². The monoisotopic (exact) mass is 330 g/mol. The molecule has 1 atom stereocenters. The van der Waals surface area contributed by atoms with Crippen LogP contribution in [0.5, 0.6) is 5.75 Å². The number of rotatable bonds is 9. The van der Waals surface area contributed by atoms with Crippen LogP contribution in [0.4, 0.5) is 0 Å². The van der Waals surface area contributed by atoms with Gasteiger partial charge in [0.1, 0.15) is 5.75 Å². The number of hydrogen-bond acceptors (Lipinski definition) is 4. The van der Waals surface area contributed by atoms with Crippen molar-refractivity contribution < 1.29 is 19.1 Å². The summed E-state index contributed by atoms with van der Waals surface area (Å²) in [6, 6.07) is 4.94. The molecule has 0 amide bonds. The van der Waals surface area contributed by atoms with Gasteiger partial charge in [-0.15, -0.1) is 0 Å². The third kappa shape index (κ3) is 6.90. The van der Waals surface area contributed by atoms with Crippen molar-refractivity contribution in [3.05, 3.63) is 41.0 Å². The summed E-state index contributed by atoms with van der Waals surface area (Å²) in [5.74, 6) is -0.102. The Morgan fingerprint density at radius 2 is 1.88 bits per heavy atom. The summed E-state index contributed by atoms with van der Waals surface area (Å²) < 4.78 is 5.05. The number of allylic oxidation sites excluding steroid dienone is 2. The molecule has 1 aromatic rings. The van der Waals surface area contributed by atoms with Crippen LogP contribution in [0.25, 0.3) is 0 Å². The van der Waals surface area contributed by atoms with Gasteiger partial charge in [0.15, 0.2) is 5.78 Å². The molecule has 130 valence electrons. The Kier molecular flexibility index (Phi) is 8.10. The fourth-order valence-corrected chi connectivity index (χ4v) is 2.43. The second-order valence-electron chi connectivity index (χ2n) is 6.42. The second kappa shape index (κ2) is 9.81. The van der Waals surface area contributed by atoms with Crippen LogP contribution in [-0.4, -0.2) is 18.0 Å². The molecule has 0 heterocycles. The maximum atomic E-state index is 11.6. The van der Waals surface area contributed by atoms with Gasteiger partial charge in [0.2, 0.25) is 6.29 Å². The number of esters is 1. The fraction of sp³-hybridized carbons (Fsp3) is 0.450. The van der Waals surface area contributed by atoms with Gasteiger partial charge in [0.25, 0.3) is 0 Å². The lowest BCUT2D eigenvalue weighted by atomic mass is 9.95. The topological polar surface area (TPSA) is 60.4 Å². The zero-order chi connectivity index (χ0) is 18.1. The van der Waals surface area contributed by atoms with E-state index >= 15 is 0 Å². The van der Waals surface area contributed by atoms with Gasteiger partial charge in [0.05, 0.1) is 0 Å². The van der Waals surface area contributed by atoms with Gasteiger partial charge in [-0.1, -0.05) is 18.6 Å². The number of aldehydes is 1. The van der Waals surface area contributed by atoms with Crippen LogP contribution in [-0.2, 0) is 16.0 Å². The molecule has 0 fully saturated rings. The van der Waals surface area contributed by atoms with Crippen LogP contribution in [0.3, 0.4) is 0 Å². The molecule has 1 unspecified atom stereocenters. The molecule has 0 aromatic heterocycles. The van der Waals surface area contributed by atoms with E-state index in [9.17, 15) is 14.4 Å². The molecule has 0 N–H and O–H groups in total. The van der Waals surface area contributed by atoms with Crippen molar-refractivity contribution in [1.82, 2.24) is 0 Å². The molecule has 1 aromatic carbocycles. The number of ketones is 1. The lowest BCUT2D eigenvalue weighted by molar-refractivity contribution is -0.141. The lowest BCUT2D eigenvalue weighted by Gasteiger charge is -2.13. The number of aryl methyl sites for hydroxylation is 1. The first-order chi connectivity index (χ1) is 11.3. The first-order valence-electron chi connectivity index (χ1n) is 8.27. The highest BCUT2D eigenvalue weighted by atomic mass is 16.5. The first kappa shape index (κ1) is 19.8. The van der Waals surface area contributed by atoms with E-state index in [1.54, 1.807) is 18.2 Å². The first-order valence-corrected chi connectivity index (χ1v) is 8.27. The largest absolute Gasteiger partial charge is 0.421 e. The third-order valence-electron chi connectivity index (χ3n) is 3.89. The highest BCUT2D eigenvalue weighted by Crippen LogP contribution is 2.25. The molecule has 4 nitrogen and oxygen atoms in total. The molecule has 24 heavy (non-hydrogen) atoms. The molecular weight excluding hydrogens is 304 g/mol. The van der Waals surface area contributed by atoms with E-state index in [2.05, 4.69) is 26.8 Å². The quantitative estimate of drug-likeness (QED) is 0.169. The predicted molar refractivity (Wildman–Crippen MR) is 94.3 cm³/mol. The molecule has 4 heteroatoms. The lowest BCUT2D eigenvalue weighted by Crippen LogP contribution is -2.11. The normalized spacial score (nSPS) is 11.5. The van der Waals surface area contributed by atoms with Gasteiger partial charge in [0, 0.05) is 5.56 Å². The van der Waals surface area contributed by atoms with Gasteiger partial charge in [-0.3, -0.25) is 9.59 Å². The Hall–Kier alpha value is -2.23. The Morgan fingerprint density at radius 1 is 1.17 bits per heavy atom. The predicted octanol–water partition coefficient (Wildman–Crippen LogP) is 4.31. The van der Waals surface area contributed by atoms with E-state index in [0.29, 0.717) is 23.7 Å². The van der Waals surface area contributed by atoms with Gasteiger partial charge in [-0.2, -0.15) is 0 Å². The maximum Gasteiger partial charge on any atom is 0.376 e. The number of carbonyl (C=O) groups excluding carboxylic acids is 3. The molecule has 0 aliphatic rings. The van der Waals surface area contributed by atoms with Crippen LogP contribution < -0.4 is 4.74 Å². The standard InChI is InChI=1S/C20H26O4/c1-14(2)6-5-7-15(3)8-9-18-12-17(16(4)22)10-11-19(18)24-20(23)13-21/h6,10-13,15H,5,7-9H2,1-4H3. The number of carbonyl (C=O) groups is 3. The highest BCUT2D eigenvalue weighted by Gasteiger charge is 2.12. The molecule has 0 spiro atoms. The van der Waals surface area contributed by atoms with Gasteiger partial charge < -0.3 is 4.74 Å². The minimum Gasteiger partial charge on any atom is -0.421 e. The van der Waals surface area contributed by atoms with Crippen molar-refractivity contribution in [2.45, 2.75) is 53.4 Å². The molecule has 0 radical (unpaired) electrons. The molecule has 0 bridgehead atoms. The van der Waals surface area contributed by atoms with Gasteiger partial charge in [-0.25, -0.2) is 4.79 Å². The maximum absolute atomic E-state index is 11.6. The van der Waals surface area contributed by atoms with E-state index in [1.807, 2.05) is 0 Å². The van der Waals surface area contributed by atoms with Gasteiger partial charge >= 0.3 is 5.97 Å². The van der Waals surface area contributed by atoms with Crippen LogP contribution in [0.2, 0.25) is 0 Å². The van der Waals surface area contributed by atoms with Gasteiger partial charge in [-0.05, 0) is 76.1 Å². The van der Waals surface area contributed by atoms with E-state index in [4.69, 9.17) is 4.74 Å². The van der Waals surface area contributed by atoms with Crippen LogP contribution in [0, 0.1) is 5.92 Å². The van der Waals surface area contributed by atoms with Crippen molar-refractivity contribution in [2.75, 3.05) is 0 Å². The summed E-state index contributed by atoms with van der Waals surface area (Å²) in [5, 5.41) is 0. The van der Waals surface area contributed by atoms with E-state index in [1.165, 1.54) is 12.5 Å². The van der Waals surface area contributed by atoms with Crippen molar-refractivity contribution in [1.29, 1.82) is 0 Å². The Bertz CT molecular complexity index is 625. The Labute approximate surface area is 143 Å². The summed E-state index contributed by atoms with van der Waals surface area (Å²) in [7, 11) is 0. The summed E-state index contributed by atoms with van der Waals surface area (Å²) in [4.78, 5) is 33.3. The molecule has 0 saturated heterocycles. The molecule has 0 saturated carbocycles. The second-order valence-corrected chi connectivity index (χ2v) is 6.42. The number of ether oxygens (including phenoxy) is 1. The van der Waals surface area contributed by atoms with Crippen molar-refractivity contribution in [3.8, 4) is 5.75 Å². The zero-order valence-corrected chi connectivity index (χ0v) is 14.9. The zero-order valence-electron chi connectivity index (χ0n) is 14.9. The highest BCUT2D eigenvalue weighted by molar-refractivity contribution is 6.21. The summed E-state index contributed by atoms with van der Waals surface area (Å²) in [6.45, 7) is 7.86. The molecule has 0 aliphatic heterocycles. The minimum atomic E-state index is -0.927. The number of hydrogen-bond donors (Lipinski definition) is 0. The van der Waals surface area contributed by atoms with Crippen molar-refractivity contribution in [3.63, 3.8) is 0 Å². The third-order valence-corrected chi connectivity index (χ3v) is 3.89. The Balaban J connectivity index is 2.80. The number of benzene rings is 1. The van der Waals surface area contributed by atoms with E-state index in [-0.39, 0.29) is 12.1 Å². The van der Waals surface area contributed by atoms with E-state index < -0.39 is 5.97 Å². The average molecular weight is 330 g/mol. The number of Topliss-reactive ketones (excluding diaryl/α,β-unsaturated/α-hetero) is 1. The van der Waals surface area contributed by atoms with Crippen molar-refractivity contribution >= 4 is 18.0 Å². The molecule has 1 rings (SSSR count). The SMILES string of the molecule is CC(=O)c1ccc(OC(=O)C=O)c(CCC(C)CCC=C(C)C)c1. The van der Waals surface area contributed by atoms with E-state index in [0.717, 1.165) is 24.8 Å². The summed E-state index contributed by atoms with van der Waals surface area (Å²) in [5.41, 5.74) is 2.68. The average Bonchev–Trinajstić information content (AvgIpc) is 2.53. The minimum absolute atomic E-state index is 0.0406. The summed E-state index contributed by atoms with van der Waals surface area (Å²) in [6.07, 6.45) is 6.11. The Morgan fingerprint density at radius 3 is 2.46 bits per heavy atom. The fourth-order valence-electron chi connectivity index (χ4n) is 2.43. The summed E-state index contributed by atoms with van der Waals surface area (Å²) >= 11 is 0. The molecule has 0 aliphatic carbocycles. The molecular formula is C20H26O4.